The first-order valence-corrected chi connectivity index (χ1v) is 7.06. The van der Waals surface area contributed by atoms with Crippen molar-refractivity contribution in [1.29, 1.82) is 0 Å². The Balaban J connectivity index is 2.28. The van der Waals surface area contributed by atoms with Crippen LogP contribution in [0.4, 0.5) is 0 Å². The van der Waals surface area contributed by atoms with Crippen LogP contribution >= 0.6 is 0 Å². The number of allylic oxidation sites excluding steroid dienone is 1. The van der Waals surface area contributed by atoms with Crippen molar-refractivity contribution in [2.45, 2.75) is 13.8 Å². The summed E-state index contributed by atoms with van der Waals surface area (Å²) in [6, 6.07) is 11.4. The largest absolute Gasteiger partial charge is 0.497 e. The third-order valence-corrected chi connectivity index (χ3v) is 3.46. The van der Waals surface area contributed by atoms with Crippen molar-refractivity contribution in [3.05, 3.63) is 64.7 Å². The highest BCUT2D eigenvalue weighted by Gasteiger charge is 2.06. The molecule has 0 aliphatic rings. The average Bonchev–Trinajstić information content (AvgIpc) is 2.54. The Morgan fingerprint density at radius 2 is 1.59 bits per heavy atom. The molecule has 0 saturated carbocycles. The van der Waals surface area contributed by atoms with Crippen LogP contribution in [0.25, 0.3) is 6.08 Å². The van der Waals surface area contributed by atoms with Crippen LogP contribution in [0.2, 0.25) is 0 Å². The average molecular weight is 296 g/mol. The maximum absolute atomic E-state index is 12.4. The molecule has 114 valence electrons. The molecule has 0 aliphatic carbocycles. The second-order valence-corrected chi connectivity index (χ2v) is 5.16. The molecule has 0 saturated heterocycles. The Morgan fingerprint density at radius 1 is 0.955 bits per heavy atom. The smallest absolute Gasteiger partial charge is 0.186 e. The minimum absolute atomic E-state index is 0.0111. The normalized spacial score (nSPS) is 10.7. The summed E-state index contributed by atoms with van der Waals surface area (Å²) in [5.41, 5.74) is 3.63. The summed E-state index contributed by atoms with van der Waals surface area (Å²) in [6.07, 6.45) is 3.35. The van der Waals surface area contributed by atoms with E-state index in [9.17, 15) is 4.79 Å². The van der Waals surface area contributed by atoms with E-state index >= 15 is 0 Å². The molecular weight excluding hydrogens is 276 g/mol. The van der Waals surface area contributed by atoms with Gasteiger partial charge in [-0.05, 0) is 49.2 Å². The van der Waals surface area contributed by atoms with Crippen LogP contribution in [0.3, 0.4) is 0 Å². The van der Waals surface area contributed by atoms with Crippen LogP contribution in [0.5, 0.6) is 11.5 Å². The van der Waals surface area contributed by atoms with Crippen molar-refractivity contribution in [3.63, 3.8) is 0 Å². The molecule has 3 heteroatoms. The summed E-state index contributed by atoms with van der Waals surface area (Å²) >= 11 is 0. The molecule has 22 heavy (non-hydrogen) atoms. The summed E-state index contributed by atoms with van der Waals surface area (Å²) < 4.78 is 10.4. The molecule has 0 bridgehead atoms. The van der Waals surface area contributed by atoms with E-state index in [4.69, 9.17) is 9.47 Å². The van der Waals surface area contributed by atoms with Gasteiger partial charge < -0.3 is 9.47 Å². The van der Waals surface area contributed by atoms with Gasteiger partial charge in [-0.2, -0.15) is 0 Å². The van der Waals surface area contributed by atoms with E-state index in [1.54, 1.807) is 32.4 Å². The van der Waals surface area contributed by atoms with E-state index in [1.165, 1.54) is 0 Å². The second kappa shape index (κ2) is 6.94. The topological polar surface area (TPSA) is 35.5 Å². The molecule has 0 amide bonds. The van der Waals surface area contributed by atoms with E-state index in [0.29, 0.717) is 11.5 Å². The molecule has 2 aromatic rings. The van der Waals surface area contributed by atoms with Gasteiger partial charge in [0.05, 0.1) is 14.2 Å². The first-order valence-electron chi connectivity index (χ1n) is 7.06. The number of benzene rings is 2. The molecule has 0 atom stereocenters. The molecule has 0 heterocycles. The van der Waals surface area contributed by atoms with Crippen LogP contribution < -0.4 is 9.47 Å². The zero-order valence-electron chi connectivity index (χ0n) is 13.3. The Labute approximate surface area is 131 Å². The number of methoxy groups -OCH3 is 2. The number of hydrogen-bond acceptors (Lipinski definition) is 3. The summed E-state index contributed by atoms with van der Waals surface area (Å²) in [4.78, 5) is 12.4. The first-order chi connectivity index (χ1) is 10.5. The minimum atomic E-state index is -0.0111. The lowest BCUT2D eigenvalue weighted by Crippen LogP contribution is -1.98. The molecule has 0 radical (unpaired) electrons. The lowest BCUT2D eigenvalue weighted by molar-refractivity contribution is 0.104. The van der Waals surface area contributed by atoms with Gasteiger partial charge in [-0.1, -0.05) is 23.8 Å². The standard InChI is InChI=1S/C19H20O3/c1-13-5-6-14(2)18(9-13)19(20)8-7-15-10-16(21-3)12-17(11-15)22-4/h5-12H,1-4H3/b8-7+. The van der Waals surface area contributed by atoms with E-state index in [2.05, 4.69) is 0 Å². The number of aryl methyl sites for hydroxylation is 2. The van der Waals surface area contributed by atoms with Gasteiger partial charge in [0.25, 0.3) is 0 Å². The number of rotatable bonds is 5. The third kappa shape index (κ3) is 3.76. The molecule has 0 N–H and O–H groups in total. The van der Waals surface area contributed by atoms with Gasteiger partial charge in [0.2, 0.25) is 0 Å². The fourth-order valence-electron chi connectivity index (χ4n) is 2.19. The van der Waals surface area contributed by atoms with Crippen LogP contribution in [-0.2, 0) is 0 Å². The van der Waals surface area contributed by atoms with E-state index < -0.39 is 0 Å². The summed E-state index contributed by atoms with van der Waals surface area (Å²) in [5, 5.41) is 0. The van der Waals surface area contributed by atoms with Crippen molar-refractivity contribution >= 4 is 11.9 Å². The fourth-order valence-corrected chi connectivity index (χ4v) is 2.19. The molecule has 3 nitrogen and oxygen atoms in total. The number of ketones is 1. The predicted octanol–water partition coefficient (Wildman–Crippen LogP) is 4.22. The maximum Gasteiger partial charge on any atom is 0.186 e. The van der Waals surface area contributed by atoms with Gasteiger partial charge in [0.15, 0.2) is 5.78 Å². The van der Waals surface area contributed by atoms with Crippen molar-refractivity contribution in [3.8, 4) is 11.5 Å². The highest BCUT2D eigenvalue weighted by atomic mass is 16.5. The van der Waals surface area contributed by atoms with Gasteiger partial charge in [-0.25, -0.2) is 0 Å². The SMILES string of the molecule is COc1cc(/C=C/C(=O)c2cc(C)ccc2C)cc(OC)c1. The highest BCUT2D eigenvalue weighted by Crippen LogP contribution is 2.23. The number of carbonyl (C=O) groups excluding carboxylic acids is 1. The Morgan fingerprint density at radius 3 is 2.18 bits per heavy atom. The predicted molar refractivity (Wildman–Crippen MR) is 88.8 cm³/mol. The zero-order chi connectivity index (χ0) is 16.1. The highest BCUT2D eigenvalue weighted by molar-refractivity contribution is 6.07. The van der Waals surface area contributed by atoms with Gasteiger partial charge in [-0.15, -0.1) is 0 Å². The Hall–Kier alpha value is -2.55. The second-order valence-electron chi connectivity index (χ2n) is 5.16. The lowest BCUT2D eigenvalue weighted by atomic mass is 10.0. The molecule has 0 spiro atoms. The van der Waals surface area contributed by atoms with E-state index in [0.717, 1.165) is 22.3 Å². The quantitative estimate of drug-likeness (QED) is 0.612. The van der Waals surface area contributed by atoms with Crippen molar-refractivity contribution in [2.75, 3.05) is 14.2 Å². The molecule has 0 aromatic heterocycles. The molecular formula is C19H20O3. The summed E-state index contributed by atoms with van der Waals surface area (Å²) in [5.74, 6) is 1.37. The summed E-state index contributed by atoms with van der Waals surface area (Å²) in [6.45, 7) is 3.92. The zero-order valence-corrected chi connectivity index (χ0v) is 13.3. The molecule has 2 aromatic carbocycles. The fraction of sp³-hybridized carbons (Fsp3) is 0.211. The van der Waals surface area contributed by atoms with Crippen LogP contribution in [0.1, 0.15) is 27.0 Å². The van der Waals surface area contributed by atoms with Gasteiger partial charge in [0.1, 0.15) is 11.5 Å². The van der Waals surface area contributed by atoms with Crippen molar-refractivity contribution in [1.82, 2.24) is 0 Å². The minimum Gasteiger partial charge on any atom is -0.497 e. The van der Waals surface area contributed by atoms with Gasteiger partial charge >= 0.3 is 0 Å². The number of carbonyl (C=O) groups is 1. The van der Waals surface area contributed by atoms with E-state index in [-0.39, 0.29) is 5.78 Å². The molecule has 0 aliphatic heterocycles. The molecule has 0 unspecified atom stereocenters. The van der Waals surface area contributed by atoms with E-state index in [1.807, 2.05) is 44.2 Å². The third-order valence-electron chi connectivity index (χ3n) is 3.46. The summed E-state index contributed by atoms with van der Waals surface area (Å²) in [7, 11) is 3.20. The number of ether oxygens (including phenoxy) is 2. The Kier molecular flexibility index (Phi) is 4.99. The Bertz CT molecular complexity index is 692. The van der Waals surface area contributed by atoms with Crippen LogP contribution in [0.15, 0.2) is 42.5 Å². The molecule has 2 rings (SSSR count). The number of hydrogen-bond donors (Lipinski definition) is 0. The monoisotopic (exact) mass is 296 g/mol. The van der Waals surface area contributed by atoms with Gasteiger partial charge in [0, 0.05) is 11.6 Å². The molecule has 0 fully saturated rings. The van der Waals surface area contributed by atoms with Crippen LogP contribution in [0, 0.1) is 13.8 Å². The maximum atomic E-state index is 12.4. The van der Waals surface area contributed by atoms with Crippen molar-refractivity contribution < 1.29 is 14.3 Å². The van der Waals surface area contributed by atoms with Gasteiger partial charge in [-0.3, -0.25) is 4.79 Å². The van der Waals surface area contributed by atoms with Crippen LogP contribution in [-0.4, -0.2) is 20.0 Å². The first kappa shape index (κ1) is 15.8. The van der Waals surface area contributed by atoms with Crippen molar-refractivity contribution in [2.24, 2.45) is 0 Å². The lowest BCUT2D eigenvalue weighted by Gasteiger charge is -2.06.